The van der Waals surface area contributed by atoms with Gasteiger partial charge in [-0.25, -0.2) is 0 Å². The van der Waals surface area contributed by atoms with Gasteiger partial charge in [-0.1, -0.05) is 46.7 Å². The van der Waals surface area contributed by atoms with Gasteiger partial charge < -0.3 is 5.32 Å². The normalized spacial score (nSPS) is 12.4. The van der Waals surface area contributed by atoms with Gasteiger partial charge in [0.25, 0.3) is 0 Å². The molecule has 0 radical (unpaired) electrons. The maximum absolute atomic E-state index is 3.70. The zero-order valence-corrected chi connectivity index (χ0v) is 15.4. The second-order valence-corrected chi connectivity index (χ2v) is 7.31. The first-order valence-electron chi connectivity index (χ1n) is 7.29. The van der Waals surface area contributed by atoms with Crippen molar-refractivity contribution in [3.8, 4) is 0 Å². The Labute approximate surface area is 140 Å². The molecule has 0 aliphatic carbocycles. The number of nitrogens with one attached hydrogen (secondary N) is 1. The molecule has 0 fully saturated rings. The lowest BCUT2D eigenvalue weighted by molar-refractivity contribution is 0.595. The molecule has 2 aromatic rings. The van der Waals surface area contributed by atoms with Crippen LogP contribution in [-0.2, 0) is 0 Å². The van der Waals surface area contributed by atoms with E-state index in [4.69, 9.17) is 0 Å². The van der Waals surface area contributed by atoms with Crippen LogP contribution in [0.25, 0.3) is 0 Å². The Morgan fingerprint density at radius 1 is 1.05 bits per heavy atom. The summed E-state index contributed by atoms with van der Waals surface area (Å²) in [5.41, 5.74) is 3.99. The van der Waals surface area contributed by atoms with Crippen LogP contribution < -0.4 is 5.32 Å². The topological polar surface area (TPSA) is 12.0 Å². The van der Waals surface area contributed by atoms with Crippen molar-refractivity contribution in [2.24, 2.45) is 0 Å². The second kappa shape index (κ2) is 7.48. The van der Waals surface area contributed by atoms with Crippen LogP contribution in [0.15, 0.2) is 50.7 Å². The van der Waals surface area contributed by atoms with Gasteiger partial charge in [0.15, 0.2) is 0 Å². The van der Waals surface area contributed by atoms with Crippen molar-refractivity contribution in [2.45, 2.75) is 43.5 Å². The molecule has 0 saturated carbocycles. The number of rotatable bonds is 5. The Morgan fingerprint density at radius 3 is 2.33 bits per heavy atom. The highest BCUT2D eigenvalue weighted by Gasteiger charge is 2.09. The first kappa shape index (κ1) is 16.6. The molecule has 1 nitrogen and oxygen atoms in total. The van der Waals surface area contributed by atoms with Crippen molar-refractivity contribution in [3.63, 3.8) is 0 Å². The number of benzene rings is 2. The Morgan fingerprint density at radius 2 is 1.71 bits per heavy atom. The van der Waals surface area contributed by atoms with E-state index in [1.54, 1.807) is 0 Å². The number of aryl methyl sites for hydroxylation is 2. The highest BCUT2D eigenvalue weighted by Crippen LogP contribution is 2.33. The molecule has 0 aliphatic rings. The van der Waals surface area contributed by atoms with Crippen molar-refractivity contribution < 1.29 is 0 Å². The molecule has 0 amide bonds. The highest BCUT2D eigenvalue weighted by atomic mass is 79.9. The van der Waals surface area contributed by atoms with Gasteiger partial charge in [-0.05, 0) is 68.3 Å². The van der Waals surface area contributed by atoms with Crippen LogP contribution in [0.1, 0.15) is 36.6 Å². The van der Waals surface area contributed by atoms with Gasteiger partial charge >= 0.3 is 0 Å². The molecule has 0 bridgehead atoms. The zero-order valence-electron chi connectivity index (χ0n) is 13.0. The third-order valence-corrected chi connectivity index (χ3v) is 5.33. The van der Waals surface area contributed by atoms with E-state index in [1.165, 1.54) is 31.0 Å². The summed E-state index contributed by atoms with van der Waals surface area (Å²) in [6.07, 6.45) is 0. The predicted molar refractivity (Wildman–Crippen MR) is 96.3 cm³/mol. The molecule has 0 aliphatic heterocycles. The summed E-state index contributed by atoms with van der Waals surface area (Å²) in [5, 5.41) is 3.45. The summed E-state index contributed by atoms with van der Waals surface area (Å²) in [4.78, 5) is 2.55. The molecule has 0 aromatic heterocycles. The van der Waals surface area contributed by atoms with Crippen LogP contribution in [-0.4, -0.2) is 6.54 Å². The zero-order chi connectivity index (χ0) is 15.4. The van der Waals surface area contributed by atoms with E-state index in [2.05, 4.69) is 85.3 Å². The summed E-state index contributed by atoms with van der Waals surface area (Å²) in [5.74, 6) is 0. The molecule has 0 spiro atoms. The average molecular weight is 364 g/mol. The molecular weight excluding hydrogens is 342 g/mol. The fourth-order valence-corrected chi connectivity index (χ4v) is 4.08. The third-order valence-electron chi connectivity index (χ3n) is 3.66. The van der Waals surface area contributed by atoms with Gasteiger partial charge in [-0.15, -0.1) is 0 Å². The molecule has 0 saturated heterocycles. The smallest absolute Gasteiger partial charge is 0.0302 e. The van der Waals surface area contributed by atoms with Crippen LogP contribution >= 0.6 is 27.7 Å². The fourth-order valence-electron chi connectivity index (χ4n) is 2.25. The second-order valence-electron chi connectivity index (χ2n) is 5.31. The Bertz CT molecular complexity index is 625. The molecule has 1 unspecified atom stereocenters. The molecular formula is C18H22BrNS. The van der Waals surface area contributed by atoms with Gasteiger partial charge in [0.1, 0.15) is 0 Å². The predicted octanol–water partition coefficient (Wildman–Crippen LogP) is 5.89. The lowest BCUT2D eigenvalue weighted by Gasteiger charge is -2.15. The summed E-state index contributed by atoms with van der Waals surface area (Å²) in [6, 6.07) is 13.6. The maximum Gasteiger partial charge on any atom is 0.0302 e. The van der Waals surface area contributed by atoms with Crippen molar-refractivity contribution in [3.05, 3.63) is 57.6 Å². The third kappa shape index (κ3) is 4.35. The fraction of sp³-hybridized carbons (Fsp3) is 0.333. The van der Waals surface area contributed by atoms with E-state index < -0.39 is 0 Å². The molecule has 1 atom stereocenters. The van der Waals surface area contributed by atoms with Crippen molar-refractivity contribution in [1.29, 1.82) is 0 Å². The molecule has 21 heavy (non-hydrogen) atoms. The van der Waals surface area contributed by atoms with E-state index in [9.17, 15) is 0 Å². The number of hydrogen-bond donors (Lipinski definition) is 1. The summed E-state index contributed by atoms with van der Waals surface area (Å²) in [7, 11) is 0. The maximum atomic E-state index is 3.70. The lowest BCUT2D eigenvalue weighted by atomic mass is 10.1. The van der Waals surface area contributed by atoms with Gasteiger partial charge in [0.05, 0.1) is 0 Å². The van der Waals surface area contributed by atoms with E-state index in [0.717, 1.165) is 6.54 Å². The van der Waals surface area contributed by atoms with Crippen LogP contribution in [0.2, 0.25) is 0 Å². The molecule has 112 valence electrons. The summed E-state index contributed by atoms with van der Waals surface area (Å²) >= 11 is 5.51. The average Bonchev–Trinajstić information content (AvgIpc) is 2.43. The number of halogens is 1. The lowest BCUT2D eigenvalue weighted by Crippen LogP contribution is -2.17. The molecule has 2 rings (SSSR count). The Hall–Kier alpha value is -0.770. The van der Waals surface area contributed by atoms with Gasteiger partial charge in [0.2, 0.25) is 0 Å². The minimum atomic E-state index is 0.366. The van der Waals surface area contributed by atoms with Crippen LogP contribution in [0.3, 0.4) is 0 Å². The Kier molecular flexibility index (Phi) is 5.91. The van der Waals surface area contributed by atoms with Crippen LogP contribution in [0, 0.1) is 13.8 Å². The molecule has 3 heteroatoms. The summed E-state index contributed by atoms with van der Waals surface area (Å²) < 4.78 is 1.17. The minimum absolute atomic E-state index is 0.366. The first-order valence-corrected chi connectivity index (χ1v) is 8.90. The monoisotopic (exact) mass is 363 g/mol. The standard InChI is InChI=1S/C18H22BrNS/c1-5-20-14(4)17-9-8-16(11-18(17)19)21-15-7-6-12(2)13(3)10-15/h6-11,14,20H,5H2,1-4H3. The van der Waals surface area contributed by atoms with Crippen molar-refractivity contribution in [2.75, 3.05) is 6.54 Å². The van der Waals surface area contributed by atoms with Gasteiger partial charge in [0, 0.05) is 20.3 Å². The Balaban J connectivity index is 2.18. The van der Waals surface area contributed by atoms with E-state index in [1.807, 2.05) is 11.8 Å². The van der Waals surface area contributed by atoms with Crippen LogP contribution in [0.4, 0.5) is 0 Å². The van der Waals surface area contributed by atoms with E-state index >= 15 is 0 Å². The van der Waals surface area contributed by atoms with E-state index in [-0.39, 0.29) is 0 Å². The summed E-state index contributed by atoms with van der Waals surface area (Å²) in [6.45, 7) is 9.62. The first-order chi connectivity index (χ1) is 10.0. The molecule has 0 heterocycles. The quantitative estimate of drug-likeness (QED) is 0.710. The highest BCUT2D eigenvalue weighted by molar-refractivity contribution is 9.10. The molecule has 2 aromatic carbocycles. The minimum Gasteiger partial charge on any atom is -0.310 e. The van der Waals surface area contributed by atoms with Gasteiger partial charge in [-0.3, -0.25) is 0 Å². The van der Waals surface area contributed by atoms with E-state index in [0.29, 0.717) is 6.04 Å². The van der Waals surface area contributed by atoms with Gasteiger partial charge in [-0.2, -0.15) is 0 Å². The van der Waals surface area contributed by atoms with Crippen molar-refractivity contribution >= 4 is 27.7 Å². The molecule has 1 N–H and O–H groups in total. The number of hydrogen-bond acceptors (Lipinski definition) is 2. The SMILES string of the molecule is CCNC(C)c1ccc(Sc2ccc(C)c(C)c2)cc1Br. The van der Waals surface area contributed by atoms with Crippen molar-refractivity contribution in [1.82, 2.24) is 5.32 Å². The van der Waals surface area contributed by atoms with Crippen LogP contribution in [0.5, 0.6) is 0 Å². The largest absolute Gasteiger partial charge is 0.310 e.